The van der Waals surface area contributed by atoms with Crippen LogP contribution in [0.1, 0.15) is 31.4 Å². The van der Waals surface area contributed by atoms with Crippen LogP contribution in [0, 0.1) is 0 Å². The summed E-state index contributed by atoms with van der Waals surface area (Å²) in [6, 6.07) is 10.4. The SMILES string of the molecule is CCOCC1CCC(c2ccccc2)O1. The Hall–Kier alpha value is -0.860. The lowest BCUT2D eigenvalue weighted by Crippen LogP contribution is -2.14. The standard InChI is InChI=1S/C13H18O2/c1-2-14-10-12-8-9-13(15-12)11-6-4-3-5-7-11/h3-7,12-13H,2,8-10H2,1H3. The van der Waals surface area contributed by atoms with Crippen LogP contribution in [-0.4, -0.2) is 19.3 Å². The van der Waals surface area contributed by atoms with Crippen molar-refractivity contribution in [3.63, 3.8) is 0 Å². The fourth-order valence-electron chi connectivity index (χ4n) is 1.99. The zero-order chi connectivity index (χ0) is 10.5. The third kappa shape index (κ3) is 2.80. The number of hydrogen-bond acceptors (Lipinski definition) is 2. The van der Waals surface area contributed by atoms with Crippen LogP contribution >= 0.6 is 0 Å². The molecule has 0 N–H and O–H groups in total. The van der Waals surface area contributed by atoms with Gasteiger partial charge >= 0.3 is 0 Å². The summed E-state index contributed by atoms with van der Waals surface area (Å²) >= 11 is 0. The zero-order valence-electron chi connectivity index (χ0n) is 9.19. The first-order valence-electron chi connectivity index (χ1n) is 5.68. The molecule has 1 aliphatic rings. The van der Waals surface area contributed by atoms with Gasteiger partial charge < -0.3 is 9.47 Å². The monoisotopic (exact) mass is 206 g/mol. The van der Waals surface area contributed by atoms with Crippen molar-refractivity contribution in [3.8, 4) is 0 Å². The number of hydrogen-bond donors (Lipinski definition) is 0. The molecule has 0 radical (unpaired) electrons. The summed E-state index contributed by atoms with van der Waals surface area (Å²) in [7, 11) is 0. The van der Waals surface area contributed by atoms with Gasteiger partial charge in [0.25, 0.3) is 0 Å². The molecule has 1 fully saturated rings. The van der Waals surface area contributed by atoms with Crippen molar-refractivity contribution in [2.24, 2.45) is 0 Å². The summed E-state index contributed by atoms with van der Waals surface area (Å²) < 4.78 is 11.3. The second kappa shape index (κ2) is 5.29. The molecular weight excluding hydrogens is 188 g/mol. The Morgan fingerprint density at radius 3 is 2.80 bits per heavy atom. The minimum Gasteiger partial charge on any atom is -0.379 e. The molecule has 2 rings (SSSR count). The Balaban J connectivity index is 1.87. The highest BCUT2D eigenvalue weighted by Crippen LogP contribution is 2.32. The summed E-state index contributed by atoms with van der Waals surface area (Å²) in [6.45, 7) is 3.53. The highest BCUT2D eigenvalue weighted by atomic mass is 16.5. The third-order valence-electron chi connectivity index (χ3n) is 2.79. The molecule has 1 aromatic rings. The Morgan fingerprint density at radius 2 is 2.07 bits per heavy atom. The molecule has 0 amide bonds. The molecule has 15 heavy (non-hydrogen) atoms. The predicted octanol–water partition coefficient (Wildman–Crippen LogP) is 2.94. The van der Waals surface area contributed by atoms with Gasteiger partial charge in [0.15, 0.2) is 0 Å². The van der Waals surface area contributed by atoms with E-state index in [1.54, 1.807) is 0 Å². The maximum atomic E-state index is 5.92. The topological polar surface area (TPSA) is 18.5 Å². The molecule has 0 aromatic heterocycles. The zero-order valence-corrected chi connectivity index (χ0v) is 9.19. The summed E-state index contributed by atoms with van der Waals surface area (Å²) in [6.07, 6.45) is 2.79. The Morgan fingerprint density at radius 1 is 1.27 bits per heavy atom. The molecule has 0 saturated carbocycles. The number of rotatable bonds is 4. The van der Waals surface area contributed by atoms with Crippen LogP contribution in [-0.2, 0) is 9.47 Å². The molecule has 2 heteroatoms. The molecule has 1 aliphatic heterocycles. The quantitative estimate of drug-likeness (QED) is 0.754. The van der Waals surface area contributed by atoms with E-state index in [2.05, 4.69) is 24.3 Å². The van der Waals surface area contributed by atoms with Crippen LogP contribution in [0.4, 0.5) is 0 Å². The fraction of sp³-hybridized carbons (Fsp3) is 0.538. The van der Waals surface area contributed by atoms with Gasteiger partial charge in [-0.05, 0) is 25.3 Å². The molecule has 1 aromatic carbocycles. The van der Waals surface area contributed by atoms with Crippen molar-refractivity contribution >= 4 is 0 Å². The van der Waals surface area contributed by atoms with Crippen LogP contribution in [0.15, 0.2) is 30.3 Å². The van der Waals surface area contributed by atoms with E-state index in [-0.39, 0.29) is 12.2 Å². The van der Waals surface area contributed by atoms with E-state index >= 15 is 0 Å². The molecule has 2 atom stereocenters. The van der Waals surface area contributed by atoms with Crippen molar-refractivity contribution in [2.45, 2.75) is 32.0 Å². The van der Waals surface area contributed by atoms with Gasteiger partial charge in [-0.1, -0.05) is 30.3 Å². The van der Waals surface area contributed by atoms with E-state index in [1.807, 2.05) is 13.0 Å². The highest BCUT2D eigenvalue weighted by molar-refractivity contribution is 5.18. The largest absolute Gasteiger partial charge is 0.379 e. The van der Waals surface area contributed by atoms with Crippen LogP contribution in [0.2, 0.25) is 0 Å². The van der Waals surface area contributed by atoms with E-state index in [0.717, 1.165) is 26.1 Å². The normalized spacial score (nSPS) is 25.7. The smallest absolute Gasteiger partial charge is 0.0830 e. The van der Waals surface area contributed by atoms with Gasteiger partial charge in [0.2, 0.25) is 0 Å². The summed E-state index contributed by atoms with van der Waals surface area (Å²) in [5.41, 5.74) is 1.29. The highest BCUT2D eigenvalue weighted by Gasteiger charge is 2.26. The van der Waals surface area contributed by atoms with E-state index < -0.39 is 0 Å². The predicted molar refractivity (Wildman–Crippen MR) is 59.8 cm³/mol. The first-order valence-corrected chi connectivity index (χ1v) is 5.68. The molecule has 0 aliphatic carbocycles. The molecular formula is C13H18O2. The van der Waals surface area contributed by atoms with Crippen molar-refractivity contribution < 1.29 is 9.47 Å². The van der Waals surface area contributed by atoms with Gasteiger partial charge in [-0.15, -0.1) is 0 Å². The van der Waals surface area contributed by atoms with Crippen molar-refractivity contribution in [3.05, 3.63) is 35.9 Å². The number of ether oxygens (including phenoxy) is 2. The van der Waals surface area contributed by atoms with Crippen molar-refractivity contribution in [2.75, 3.05) is 13.2 Å². The van der Waals surface area contributed by atoms with Gasteiger partial charge in [0, 0.05) is 6.61 Å². The molecule has 1 heterocycles. The van der Waals surface area contributed by atoms with Gasteiger partial charge in [-0.25, -0.2) is 0 Å². The van der Waals surface area contributed by atoms with Crippen molar-refractivity contribution in [1.82, 2.24) is 0 Å². The van der Waals surface area contributed by atoms with Crippen LogP contribution in [0.25, 0.3) is 0 Å². The summed E-state index contributed by atoms with van der Waals surface area (Å²) in [5, 5.41) is 0. The lowest BCUT2D eigenvalue weighted by molar-refractivity contribution is -0.0128. The molecule has 0 bridgehead atoms. The average Bonchev–Trinajstić information content (AvgIpc) is 2.76. The first kappa shape index (κ1) is 10.7. The van der Waals surface area contributed by atoms with E-state index in [1.165, 1.54) is 5.56 Å². The van der Waals surface area contributed by atoms with Crippen molar-refractivity contribution in [1.29, 1.82) is 0 Å². The van der Waals surface area contributed by atoms with Gasteiger partial charge in [0.1, 0.15) is 0 Å². The lowest BCUT2D eigenvalue weighted by Gasteiger charge is -2.13. The minimum atomic E-state index is 0.275. The Bertz CT molecular complexity index is 284. The maximum absolute atomic E-state index is 5.92. The fourth-order valence-corrected chi connectivity index (χ4v) is 1.99. The average molecular weight is 206 g/mol. The van der Waals surface area contributed by atoms with Gasteiger partial charge in [-0.3, -0.25) is 0 Å². The second-order valence-electron chi connectivity index (χ2n) is 3.89. The number of benzene rings is 1. The van der Waals surface area contributed by atoms with Gasteiger partial charge in [-0.2, -0.15) is 0 Å². The van der Waals surface area contributed by atoms with E-state index in [9.17, 15) is 0 Å². The molecule has 1 saturated heterocycles. The van der Waals surface area contributed by atoms with E-state index in [4.69, 9.17) is 9.47 Å². The lowest BCUT2D eigenvalue weighted by atomic mass is 10.1. The maximum Gasteiger partial charge on any atom is 0.0830 e. The third-order valence-corrected chi connectivity index (χ3v) is 2.79. The first-order chi connectivity index (χ1) is 7.40. The molecule has 2 unspecified atom stereocenters. The summed E-state index contributed by atoms with van der Waals surface area (Å²) in [4.78, 5) is 0. The second-order valence-corrected chi connectivity index (χ2v) is 3.89. The van der Waals surface area contributed by atoms with Crippen LogP contribution < -0.4 is 0 Å². The molecule has 0 spiro atoms. The molecule has 82 valence electrons. The van der Waals surface area contributed by atoms with E-state index in [0.29, 0.717) is 0 Å². The Labute approximate surface area is 91.2 Å². The van der Waals surface area contributed by atoms with Crippen LogP contribution in [0.5, 0.6) is 0 Å². The Kier molecular flexibility index (Phi) is 3.75. The summed E-state index contributed by atoms with van der Waals surface area (Å²) in [5.74, 6) is 0. The molecule has 2 nitrogen and oxygen atoms in total. The minimum absolute atomic E-state index is 0.275. The van der Waals surface area contributed by atoms with Crippen LogP contribution in [0.3, 0.4) is 0 Å². The van der Waals surface area contributed by atoms with Gasteiger partial charge in [0.05, 0.1) is 18.8 Å².